The van der Waals surface area contributed by atoms with E-state index in [1.807, 2.05) is 11.0 Å². The van der Waals surface area contributed by atoms with Crippen molar-refractivity contribution in [2.24, 2.45) is 5.92 Å². The Bertz CT molecular complexity index is 216. The summed E-state index contributed by atoms with van der Waals surface area (Å²) in [5, 5.41) is 2.84. The SMILES string of the molecule is CCCCN(CCCC)C(=O)N/C=C/C(C)C. The normalized spacial score (nSPS) is 11.1. The van der Waals surface area contributed by atoms with Gasteiger partial charge < -0.3 is 10.2 Å². The molecular weight excluding hydrogens is 212 g/mol. The summed E-state index contributed by atoms with van der Waals surface area (Å²) in [7, 11) is 0. The summed E-state index contributed by atoms with van der Waals surface area (Å²) in [6.07, 6.45) is 8.15. The maximum atomic E-state index is 11.9. The van der Waals surface area contributed by atoms with Gasteiger partial charge in [0.25, 0.3) is 0 Å². The zero-order valence-corrected chi connectivity index (χ0v) is 11.8. The van der Waals surface area contributed by atoms with Crippen molar-refractivity contribution in [3.8, 4) is 0 Å². The second kappa shape index (κ2) is 10.2. The Morgan fingerprint density at radius 2 is 1.71 bits per heavy atom. The highest BCUT2D eigenvalue weighted by atomic mass is 16.2. The van der Waals surface area contributed by atoms with Gasteiger partial charge in [-0.05, 0) is 18.8 Å². The van der Waals surface area contributed by atoms with Gasteiger partial charge in [-0.15, -0.1) is 0 Å². The summed E-state index contributed by atoms with van der Waals surface area (Å²) >= 11 is 0. The summed E-state index contributed by atoms with van der Waals surface area (Å²) in [5.74, 6) is 0.468. The van der Waals surface area contributed by atoms with E-state index in [-0.39, 0.29) is 6.03 Å². The highest BCUT2D eigenvalue weighted by Crippen LogP contribution is 2.00. The molecule has 0 unspecified atom stereocenters. The third-order valence-corrected chi connectivity index (χ3v) is 2.54. The minimum Gasteiger partial charge on any atom is -0.325 e. The lowest BCUT2D eigenvalue weighted by Crippen LogP contribution is -2.38. The van der Waals surface area contributed by atoms with Gasteiger partial charge in [-0.25, -0.2) is 4.79 Å². The number of nitrogens with one attached hydrogen (secondary N) is 1. The molecule has 0 atom stereocenters. The van der Waals surface area contributed by atoms with Gasteiger partial charge in [-0.1, -0.05) is 46.6 Å². The minimum atomic E-state index is 0.0313. The number of amides is 2. The third kappa shape index (κ3) is 8.78. The van der Waals surface area contributed by atoms with Gasteiger partial charge in [0.1, 0.15) is 0 Å². The first-order valence-electron chi connectivity index (χ1n) is 6.83. The zero-order chi connectivity index (χ0) is 13.1. The molecule has 0 aromatic carbocycles. The number of rotatable bonds is 8. The predicted octanol–water partition coefficient (Wildman–Crippen LogP) is 3.77. The van der Waals surface area contributed by atoms with E-state index in [1.54, 1.807) is 6.20 Å². The molecule has 0 fully saturated rings. The van der Waals surface area contributed by atoms with Crippen molar-refractivity contribution >= 4 is 6.03 Å². The molecule has 0 rings (SSSR count). The Morgan fingerprint density at radius 3 is 2.12 bits per heavy atom. The van der Waals surface area contributed by atoms with Crippen LogP contribution in [0.5, 0.6) is 0 Å². The molecule has 100 valence electrons. The van der Waals surface area contributed by atoms with Crippen LogP contribution in [0.2, 0.25) is 0 Å². The molecule has 0 aromatic rings. The number of nitrogens with zero attached hydrogens (tertiary/aromatic N) is 1. The molecule has 0 aromatic heterocycles. The van der Waals surface area contributed by atoms with E-state index in [0.717, 1.165) is 38.8 Å². The highest BCUT2D eigenvalue weighted by Gasteiger charge is 2.10. The average Bonchev–Trinajstić information content (AvgIpc) is 2.28. The first-order chi connectivity index (χ1) is 8.11. The first-order valence-corrected chi connectivity index (χ1v) is 6.83. The summed E-state index contributed by atoms with van der Waals surface area (Å²) in [6.45, 7) is 10.2. The summed E-state index contributed by atoms with van der Waals surface area (Å²) in [5.41, 5.74) is 0. The predicted molar refractivity (Wildman–Crippen MR) is 73.9 cm³/mol. The molecule has 0 heterocycles. The monoisotopic (exact) mass is 240 g/mol. The molecule has 17 heavy (non-hydrogen) atoms. The Labute approximate surface area is 106 Å². The van der Waals surface area contributed by atoms with Crippen LogP contribution in [0.1, 0.15) is 53.4 Å². The topological polar surface area (TPSA) is 32.3 Å². The number of carbonyl (C=O) groups is 1. The average molecular weight is 240 g/mol. The Balaban J connectivity index is 4.11. The van der Waals surface area contributed by atoms with Crippen molar-refractivity contribution in [1.82, 2.24) is 10.2 Å². The Morgan fingerprint density at radius 1 is 1.18 bits per heavy atom. The number of hydrogen-bond acceptors (Lipinski definition) is 1. The number of urea groups is 1. The van der Waals surface area contributed by atoms with Crippen molar-refractivity contribution in [3.63, 3.8) is 0 Å². The largest absolute Gasteiger partial charge is 0.325 e. The quantitative estimate of drug-likeness (QED) is 0.688. The van der Waals surface area contributed by atoms with Gasteiger partial charge in [0.15, 0.2) is 0 Å². The van der Waals surface area contributed by atoms with Gasteiger partial charge in [0, 0.05) is 19.3 Å². The lowest BCUT2D eigenvalue weighted by atomic mass is 10.2. The van der Waals surface area contributed by atoms with Gasteiger partial charge in [-0.3, -0.25) is 0 Å². The maximum absolute atomic E-state index is 11.9. The lowest BCUT2D eigenvalue weighted by Gasteiger charge is -2.21. The fourth-order valence-electron chi connectivity index (χ4n) is 1.42. The molecule has 3 nitrogen and oxygen atoms in total. The lowest BCUT2D eigenvalue weighted by molar-refractivity contribution is 0.199. The summed E-state index contributed by atoms with van der Waals surface area (Å²) in [6, 6.07) is 0.0313. The molecule has 3 heteroatoms. The van der Waals surface area contributed by atoms with Crippen LogP contribution >= 0.6 is 0 Å². The van der Waals surface area contributed by atoms with Gasteiger partial charge in [-0.2, -0.15) is 0 Å². The smallest absolute Gasteiger partial charge is 0.321 e. The van der Waals surface area contributed by atoms with Crippen LogP contribution < -0.4 is 5.32 Å². The molecule has 1 N–H and O–H groups in total. The molecule has 0 spiro atoms. The minimum absolute atomic E-state index is 0.0313. The van der Waals surface area contributed by atoms with E-state index in [1.165, 1.54) is 0 Å². The van der Waals surface area contributed by atoms with Crippen LogP contribution in [0.4, 0.5) is 4.79 Å². The summed E-state index contributed by atoms with van der Waals surface area (Å²) < 4.78 is 0. The molecule has 0 aliphatic carbocycles. The van der Waals surface area contributed by atoms with E-state index in [2.05, 4.69) is 33.0 Å². The molecule has 0 saturated carbocycles. The second-order valence-electron chi connectivity index (χ2n) is 4.75. The van der Waals surface area contributed by atoms with Gasteiger partial charge >= 0.3 is 6.03 Å². The molecule has 0 aliphatic heterocycles. The van der Waals surface area contributed by atoms with Crippen molar-refractivity contribution in [2.75, 3.05) is 13.1 Å². The number of unbranched alkanes of at least 4 members (excludes halogenated alkanes) is 2. The van der Waals surface area contributed by atoms with Crippen molar-refractivity contribution in [3.05, 3.63) is 12.3 Å². The van der Waals surface area contributed by atoms with Crippen molar-refractivity contribution in [1.29, 1.82) is 0 Å². The number of hydrogen-bond donors (Lipinski definition) is 1. The third-order valence-electron chi connectivity index (χ3n) is 2.54. The van der Waals surface area contributed by atoms with E-state index in [9.17, 15) is 4.79 Å². The van der Waals surface area contributed by atoms with E-state index >= 15 is 0 Å². The molecule has 0 aliphatic rings. The second-order valence-corrected chi connectivity index (χ2v) is 4.75. The van der Waals surface area contributed by atoms with Crippen molar-refractivity contribution in [2.45, 2.75) is 53.4 Å². The Hall–Kier alpha value is -0.990. The van der Waals surface area contributed by atoms with Gasteiger partial charge in [0.2, 0.25) is 0 Å². The molecule has 0 radical (unpaired) electrons. The molecule has 2 amide bonds. The molecule has 0 bridgehead atoms. The van der Waals surface area contributed by atoms with Crippen LogP contribution in [0.3, 0.4) is 0 Å². The molecule has 0 saturated heterocycles. The van der Waals surface area contributed by atoms with Crippen LogP contribution in [0.15, 0.2) is 12.3 Å². The number of carbonyl (C=O) groups excluding carboxylic acids is 1. The van der Waals surface area contributed by atoms with Crippen LogP contribution in [0.25, 0.3) is 0 Å². The van der Waals surface area contributed by atoms with Crippen molar-refractivity contribution < 1.29 is 4.79 Å². The zero-order valence-electron chi connectivity index (χ0n) is 11.8. The fourth-order valence-corrected chi connectivity index (χ4v) is 1.42. The maximum Gasteiger partial charge on any atom is 0.321 e. The van der Waals surface area contributed by atoms with Crippen LogP contribution in [-0.4, -0.2) is 24.0 Å². The van der Waals surface area contributed by atoms with Crippen LogP contribution in [0, 0.1) is 5.92 Å². The fraction of sp³-hybridized carbons (Fsp3) is 0.786. The first kappa shape index (κ1) is 16.0. The summed E-state index contributed by atoms with van der Waals surface area (Å²) in [4.78, 5) is 13.8. The van der Waals surface area contributed by atoms with Crippen LogP contribution in [-0.2, 0) is 0 Å². The molecular formula is C14H28N2O. The highest BCUT2D eigenvalue weighted by molar-refractivity contribution is 5.75. The Kier molecular flexibility index (Phi) is 9.59. The standard InChI is InChI=1S/C14H28N2O/c1-5-7-11-16(12-8-6-2)14(17)15-10-9-13(3)4/h9-10,13H,5-8,11-12H2,1-4H3,(H,15,17)/b10-9+. The van der Waals surface area contributed by atoms with E-state index in [4.69, 9.17) is 0 Å². The van der Waals surface area contributed by atoms with E-state index < -0.39 is 0 Å². The van der Waals surface area contributed by atoms with Gasteiger partial charge in [0.05, 0.1) is 0 Å². The van der Waals surface area contributed by atoms with E-state index in [0.29, 0.717) is 5.92 Å². The number of allylic oxidation sites excluding steroid dienone is 1.